The molecule has 5 nitrogen and oxygen atoms in total. The summed E-state index contributed by atoms with van der Waals surface area (Å²) < 4.78 is 13.2. The first kappa shape index (κ1) is 31.9. The zero-order valence-corrected chi connectivity index (χ0v) is 30.1. The minimum Gasteiger partial charge on any atom is -0.455 e. The smallest absolute Gasteiger partial charge is 0.160 e. The zero-order valence-electron chi connectivity index (χ0n) is 30.1. The zero-order chi connectivity index (χ0) is 37.0. The van der Waals surface area contributed by atoms with Crippen molar-refractivity contribution in [3.8, 4) is 67.3 Å². The first-order valence-electron chi connectivity index (χ1n) is 18.7. The maximum Gasteiger partial charge on any atom is 0.160 e. The number of aromatic nitrogens is 3. The van der Waals surface area contributed by atoms with Crippen molar-refractivity contribution in [3.05, 3.63) is 188 Å². The fourth-order valence-electron chi connectivity index (χ4n) is 7.86. The van der Waals surface area contributed by atoms with Gasteiger partial charge in [-0.1, -0.05) is 133 Å². The topological polar surface area (TPSA) is 65.0 Å². The van der Waals surface area contributed by atoms with Gasteiger partial charge >= 0.3 is 0 Å². The van der Waals surface area contributed by atoms with Crippen LogP contribution in [-0.4, -0.2) is 15.0 Å². The van der Waals surface area contributed by atoms with Gasteiger partial charge in [-0.05, 0) is 64.7 Å². The highest BCUT2D eigenvalue weighted by Crippen LogP contribution is 2.42. The Hall–Kier alpha value is -7.63. The highest BCUT2D eigenvalue weighted by atomic mass is 16.3. The number of hydrogen-bond acceptors (Lipinski definition) is 5. The molecule has 0 radical (unpaired) electrons. The van der Waals surface area contributed by atoms with Crippen LogP contribution in [0.15, 0.2) is 197 Å². The number of furan rings is 2. The highest BCUT2D eigenvalue weighted by Gasteiger charge is 2.19. The molecule has 0 N–H and O–H groups in total. The molecule has 0 saturated heterocycles. The van der Waals surface area contributed by atoms with Crippen LogP contribution in [0.25, 0.3) is 111 Å². The Kier molecular flexibility index (Phi) is 7.42. The van der Waals surface area contributed by atoms with Gasteiger partial charge in [-0.3, -0.25) is 4.98 Å². The Morgan fingerprint density at radius 1 is 0.339 bits per heavy atom. The van der Waals surface area contributed by atoms with Crippen molar-refractivity contribution in [1.29, 1.82) is 0 Å². The lowest BCUT2D eigenvalue weighted by atomic mass is 9.93. The van der Waals surface area contributed by atoms with Crippen molar-refractivity contribution in [1.82, 2.24) is 15.0 Å². The Bertz CT molecular complexity index is 3110. The van der Waals surface area contributed by atoms with Gasteiger partial charge in [0.15, 0.2) is 5.82 Å². The van der Waals surface area contributed by atoms with E-state index < -0.39 is 0 Å². The molecule has 0 fully saturated rings. The van der Waals surface area contributed by atoms with Crippen LogP contribution in [0.5, 0.6) is 0 Å². The van der Waals surface area contributed by atoms with Gasteiger partial charge in [0.05, 0.1) is 11.4 Å². The van der Waals surface area contributed by atoms with E-state index in [1.807, 2.05) is 54.7 Å². The molecule has 11 aromatic rings. The van der Waals surface area contributed by atoms with Gasteiger partial charge in [-0.25, -0.2) is 9.97 Å². The van der Waals surface area contributed by atoms with E-state index in [0.717, 1.165) is 105 Å². The Morgan fingerprint density at radius 2 is 0.839 bits per heavy atom. The first-order chi connectivity index (χ1) is 27.7. The number of rotatable bonds is 6. The van der Waals surface area contributed by atoms with E-state index in [2.05, 4.69) is 132 Å². The summed E-state index contributed by atoms with van der Waals surface area (Å²) in [4.78, 5) is 14.9. The second kappa shape index (κ2) is 13.0. The number of benzene rings is 7. The molecule has 5 heteroatoms. The van der Waals surface area contributed by atoms with Crippen LogP contribution >= 0.6 is 0 Å². The van der Waals surface area contributed by atoms with Crippen LogP contribution in [0, 0.1) is 0 Å². The van der Waals surface area contributed by atoms with E-state index >= 15 is 0 Å². The standard InChI is InChI=1S/C51H31N3O2/c1-2-11-33(12-3-1)45-30-46(34-24-22-32(23-25-34)35-13-10-26-52-31-35)54-51(53-45)38-28-36(39-16-8-18-43-41-14-4-6-20-47(41)55-49(39)43)27-37(29-38)40-17-9-19-44-42-15-5-7-21-48(42)56-50(40)44/h1-31H. The van der Waals surface area contributed by atoms with Crippen molar-refractivity contribution < 1.29 is 8.83 Å². The molecule has 0 unspecified atom stereocenters. The molecule has 0 aliphatic heterocycles. The van der Waals surface area contributed by atoms with E-state index in [-0.39, 0.29) is 0 Å². The average Bonchev–Trinajstić information content (AvgIpc) is 3.86. The van der Waals surface area contributed by atoms with Gasteiger partial charge in [0, 0.05) is 61.8 Å². The second-order valence-electron chi connectivity index (χ2n) is 14.0. The molecule has 0 atom stereocenters. The lowest BCUT2D eigenvalue weighted by Gasteiger charge is -2.13. The lowest BCUT2D eigenvalue weighted by molar-refractivity contribution is 0.670. The minimum absolute atomic E-state index is 0.620. The largest absolute Gasteiger partial charge is 0.455 e. The van der Waals surface area contributed by atoms with Crippen molar-refractivity contribution in [2.24, 2.45) is 0 Å². The Labute approximate surface area is 322 Å². The molecule has 0 bridgehead atoms. The molecule has 7 aromatic carbocycles. The summed E-state index contributed by atoms with van der Waals surface area (Å²) in [5.41, 5.74) is 14.1. The summed E-state index contributed by atoms with van der Waals surface area (Å²) in [5.74, 6) is 0.620. The molecule has 11 rings (SSSR count). The SMILES string of the molecule is c1ccc(-c2cc(-c3ccc(-c4cccnc4)cc3)nc(-c3cc(-c4cccc5c4oc4ccccc45)cc(-c4cccc5c4oc4ccccc45)c3)n2)cc1. The van der Waals surface area contributed by atoms with Gasteiger partial charge < -0.3 is 8.83 Å². The fraction of sp³-hybridized carbons (Fsp3) is 0. The molecular formula is C51H31N3O2. The number of nitrogens with zero attached hydrogens (tertiary/aromatic N) is 3. The van der Waals surface area contributed by atoms with Crippen LogP contribution in [0.4, 0.5) is 0 Å². The van der Waals surface area contributed by atoms with Gasteiger partial charge in [0.2, 0.25) is 0 Å². The van der Waals surface area contributed by atoms with Crippen LogP contribution in [0.2, 0.25) is 0 Å². The van der Waals surface area contributed by atoms with Crippen LogP contribution in [-0.2, 0) is 0 Å². The third-order valence-corrected chi connectivity index (χ3v) is 10.6. The maximum absolute atomic E-state index is 6.58. The molecule has 0 aliphatic rings. The lowest BCUT2D eigenvalue weighted by Crippen LogP contribution is -1.97. The van der Waals surface area contributed by atoms with Crippen molar-refractivity contribution in [2.45, 2.75) is 0 Å². The molecule has 0 spiro atoms. The number of pyridine rings is 1. The van der Waals surface area contributed by atoms with Crippen molar-refractivity contribution in [2.75, 3.05) is 0 Å². The third-order valence-electron chi connectivity index (χ3n) is 10.6. The molecule has 56 heavy (non-hydrogen) atoms. The molecule has 0 aliphatic carbocycles. The van der Waals surface area contributed by atoms with Crippen LogP contribution in [0.1, 0.15) is 0 Å². The Morgan fingerprint density at radius 3 is 1.43 bits per heavy atom. The third kappa shape index (κ3) is 5.45. The highest BCUT2D eigenvalue weighted by molar-refractivity contribution is 6.11. The number of hydrogen-bond donors (Lipinski definition) is 0. The molecule has 262 valence electrons. The summed E-state index contributed by atoms with van der Waals surface area (Å²) >= 11 is 0. The summed E-state index contributed by atoms with van der Waals surface area (Å²) in [5, 5.41) is 4.32. The van der Waals surface area contributed by atoms with E-state index in [4.69, 9.17) is 18.8 Å². The van der Waals surface area contributed by atoms with Crippen LogP contribution < -0.4 is 0 Å². The molecule has 4 aromatic heterocycles. The summed E-state index contributed by atoms with van der Waals surface area (Å²) in [6, 6.07) is 60.6. The quantitative estimate of drug-likeness (QED) is 0.171. The van der Waals surface area contributed by atoms with Crippen LogP contribution in [0.3, 0.4) is 0 Å². The molecule has 0 amide bonds. The average molecular weight is 718 g/mol. The predicted octanol–water partition coefficient (Wildman–Crippen LogP) is 13.7. The van der Waals surface area contributed by atoms with E-state index in [1.165, 1.54) is 0 Å². The van der Waals surface area contributed by atoms with Gasteiger partial charge in [0.25, 0.3) is 0 Å². The molecular weight excluding hydrogens is 687 g/mol. The molecule has 4 heterocycles. The summed E-state index contributed by atoms with van der Waals surface area (Å²) in [7, 11) is 0. The van der Waals surface area contributed by atoms with E-state index in [1.54, 1.807) is 6.20 Å². The van der Waals surface area contributed by atoms with E-state index in [9.17, 15) is 0 Å². The van der Waals surface area contributed by atoms with Crippen molar-refractivity contribution in [3.63, 3.8) is 0 Å². The number of para-hydroxylation sites is 4. The monoisotopic (exact) mass is 717 g/mol. The second-order valence-corrected chi connectivity index (χ2v) is 14.0. The van der Waals surface area contributed by atoms with Crippen molar-refractivity contribution >= 4 is 43.9 Å². The fourth-order valence-corrected chi connectivity index (χ4v) is 7.86. The minimum atomic E-state index is 0.620. The Balaban J connectivity index is 1.15. The maximum atomic E-state index is 6.58. The number of fused-ring (bicyclic) bond motifs is 6. The normalized spacial score (nSPS) is 11.6. The summed E-state index contributed by atoms with van der Waals surface area (Å²) in [6.45, 7) is 0. The van der Waals surface area contributed by atoms with Gasteiger partial charge in [-0.15, -0.1) is 0 Å². The van der Waals surface area contributed by atoms with Gasteiger partial charge in [0.1, 0.15) is 22.3 Å². The van der Waals surface area contributed by atoms with E-state index in [0.29, 0.717) is 5.82 Å². The summed E-state index contributed by atoms with van der Waals surface area (Å²) in [6.07, 6.45) is 3.67. The predicted molar refractivity (Wildman–Crippen MR) is 227 cm³/mol. The molecule has 0 saturated carbocycles. The van der Waals surface area contributed by atoms with Gasteiger partial charge in [-0.2, -0.15) is 0 Å². The first-order valence-corrected chi connectivity index (χ1v) is 18.7.